The second-order valence-corrected chi connectivity index (χ2v) is 9.04. The Kier molecular flexibility index (Phi) is 7.23. The molecule has 1 aromatic heterocycles. The molecule has 2 heterocycles. The van der Waals surface area contributed by atoms with Crippen molar-refractivity contribution in [1.29, 1.82) is 0 Å². The van der Waals surface area contributed by atoms with Crippen molar-refractivity contribution in [3.63, 3.8) is 0 Å². The van der Waals surface area contributed by atoms with Crippen LogP contribution in [-0.2, 0) is 6.54 Å². The number of hydrogen-bond donors (Lipinski definition) is 2. The highest BCUT2D eigenvalue weighted by molar-refractivity contribution is 6.22. The molecule has 0 amide bonds. The number of likely N-dealkylation sites (tertiary alicyclic amines) is 1. The summed E-state index contributed by atoms with van der Waals surface area (Å²) in [6, 6.07) is 22.2. The minimum absolute atomic E-state index is 0.0642. The largest absolute Gasteiger partial charge is 0.494 e. The van der Waals surface area contributed by atoms with E-state index in [-0.39, 0.29) is 5.88 Å². The lowest BCUT2D eigenvalue weighted by molar-refractivity contribution is 0.288. The minimum Gasteiger partial charge on any atom is -0.494 e. The SMILES string of the molecule is CCOc1cc2[nH]c(O)c(C(=Nc3ccc(CN4CCCC4)cc3)c3ccccc3)c2cc1OCC. The van der Waals surface area contributed by atoms with E-state index in [0.29, 0.717) is 36.0 Å². The first kappa shape index (κ1) is 23.9. The topological polar surface area (TPSA) is 70.1 Å². The molecule has 1 aliphatic heterocycles. The molecule has 36 heavy (non-hydrogen) atoms. The van der Waals surface area contributed by atoms with Crippen LogP contribution in [0.5, 0.6) is 17.4 Å². The number of rotatable bonds is 9. The molecule has 2 N–H and O–H groups in total. The van der Waals surface area contributed by atoms with Gasteiger partial charge in [0.05, 0.1) is 35.7 Å². The Morgan fingerprint density at radius 2 is 1.58 bits per heavy atom. The van der Waals surface area contributed by atoms with E-state index in [2.05, 4.69) is 34.1 Å². The summed E-state index contributed by atoms with van der Waals surface area (Å²) >= 11 is 0. The summed E-state index contributed by atoms with van der Waals surface area (Å²) in [4.78, 5) is 10.6. The second-order valence-electron chi connectivity index (χ2n) is 9.04. The number of aromatic nitrogens is 1. The van der Waals surface area contributed by atoms with E-state index in [1.54, 1.807) is 0 Å². The predicted octanol–water partition coefficient (Wildman–Crippen LogP) is 6.44. The van der Waals surface area contributed by atoms with Gasteiger partial charge in [0.1, 0.15) is 0 Å². The lowest BCUT2D eigenvalue weighted by Crippen LogP contribution is -2.18. The zero-order valence-corrected chi connectivity index (χ0v) is 21.0. The number of hydrogen-bond acceptors (Lipinski definition) is 5. The van der Waals surface area contributed by atoms with Crippen LogP contribution in [0.4, 0.5) is 5.69 Å². The zero-order valence-electron chi connectivity index (χ0n) is 21.0. The minimum atomic E-state index is 0.0642. The third-order valence-corrected chi connectivity index (χ3v) is 6.51. The van der Waals surface area contributed by atoms with Crippen molar-refractivity contribution in [2.24, 2.45) is 4.99 Å². The van der Waals surface area contributed by atoms with E-state index in [1.165, 1.54) is 31.5 Å². The zero-order chi connectivity index (χ0) is 24.9. The molecule has 5 rings (SSSR count). The Morgan fingerprint density at radius 1 is 0.917 bits per heavy atom. The van der Waals surface area contributed by atoms with Gasteiger partial charge in [-0.15, -0.1) is 0 Å². The smallest absolute Gasteiger partial charge is 0.199 e. The van der Waals surface area contributed by atoms with Gasteiger partial charge in [-0.2, -0.15) is 0 Å². The molecular formula is C30H33N3O3. The highest BCUT2D eigenvalue weighted by atomic mass is 16.5. The summed E-state index contributed by atoms with van der Waals surface area (Å²) < 4.78 is 11.7. The number of nitrogens with one attached hydrogen (secondary N) is 1. The highest BCUT2D eigenvalue weighted by Gasteiger charge is 2.21. The molecule has 0 saturated carbocycles. The van der Waals surface area contributed by atoms with Gasteiger partial charge < -0.3 is 19.6 Å². The number of aromatic amines is 1. The maximum atomic E-state index is 11.1. The Morgan fingerprint density at radius 3 is 2.25 bits per heavy atom. The number of aromatic hydroxyl groups is 1. The average molecular weight is 484 g/mol. The summed E-state index contributed by atoms with van der Waals surface area (Å²) in [6.45, 7) is 8.24. The van der Waals surface area contributed by atoms with Gasteiger partial charge in [0, 0.05) is 23.6 Å². The van der Waals surface area contributed by atoms with E-state index in [9.17, 15) is 5.11 Å². The maximum absolute atomic E-state index is 11.1. The molecule has 1 fully saturated rings. The molecule has 1 aliphatic rings. The van der Waals surface area contributed by atoms with E-state index in [4.69, 9.17) is 14.5 Å². The van der Waals surface area contributed by atoms with Crippen LogP contribution >= 0.6 is 0 Å². The monoisotopic (exact) mass is 483 g/mol. The molecule has 0 aliphatic carbocycles. The van der Waals surface area contributed by atoms with Crippen LogP contribution in [0.2, 0.25) is 0 Å². The van der Waals surface area contributed by atoms with Gasteiger partial charge in [-0.05, 0) is 63.5 Å². The predicted molar refractivity (Wildman–Crippen MR) is 145 cm³/mol. The second kappa shape index (κ2) is 10.9. The van der Waals surface area contributed by atoms with E-state index >= 15 is 0 Å². The highest BCUT2D eigenvalue weighted by Crippen LogP contribution is 2.38. The van der Waals surface area contributed by atoms with Crippen molar-refractivity contribution < 1.29 is 14.6 Å². The van der Waals surface area contributed by atoms with Gasteiger partial charge in [-0.3, -0.25) is 4.90 Å². The maximum Gasteiger partial charge on any atom is 0.199 e. The molecule has 186 valence electrons. The molecule has 0 unspecified atom stereocenters. The molecular weight excluding hydrogens is 450 g/mol. The quantitative estimate of drug-likeness (QED) is 0.269. The fourth-order valence-electron chi connectivity index (χ4n) is 4.83. The molecule has 6 nitrogen and oxygen atoms in total. The third-order valence-electron chi connectivity index (χ3n) is 6.51. The van der Waals surface area contributed by atoms with Crippen LogP contribution in [0, 0.1) is 0 Å². The van der Waals surface area contributed by atoms with Crippen LogP contribution in [0.3, 0.4) is 0 Å². The number of ether oxygens (including phenoxy) is 2. The fourth-order valence-corrected chi connectivity index (χ4v) is 4.83. The summed E-state index contributed by atoms with van der Waals surface area (Å²) in [5, 5.41) is 11.9. The van der Waals surface area contributed by atoms with Crippen LogP contribution < -0.4 is 9.47 Å². The van der Waals surface area contributed by atoms with Crippen molar-refractivity contribution in [3.8, 4) is 17.4 Å². The first-order valence-electron chi connectivity index (χ1n) is 12.8. The van der Waals surface area contributed by atoms with Crippen molar-refractivity contribution in [1.82, 2.24) is 9.88 Å². The molecule has 6 heteroatoms. The van der Waals surface area contributed by atoms with E-state index < -0.39 is 0 Å². The Labute approximate surface area is 212 Å². The summed E-state index contributed by atoms with van der Waals surface area (Å²) in [6.07, 6.45) is 2.57. The van der Waals surface area contributed by atoms with Gasteiger partial charge in [0.25, 0.3) is 0 Å². The first-order chi connectivity index (χ1) is 17.7. The van der Waals surface area contributed by atoms with Gasteiger partial charge in [-0.1, -0.05) is 42.5 Å². The van der Waals surface area contributed by atoms with Crippen molar-refractivity contribution >= 4 is 22.3 Å². The number of aliphatic imine (C=N–C) groups is 1. The summed E-state index contributed by atoms with van der Waals surface area (Å²) in [5.74, 6) is 1.35. The van der Waals surface area contributed by atoms with E-state index in [0.717, 1.165) is 28.7 Å². The van der Waals surface area contributed by atoms with E-state index in [1.807, 2.05) is 56.3 Å². The van der Waals surface area contributed by atoms with Crippen LogP contribution in [0.25, 0.3) is 10.9 Å². The lowest BCUT2D eigenvalue weighted by Gasteiger charge is -2.14. The number of benzene rings is 3. The van der Waals surface area contributed by atoms with Crippen LogP contribution in [0.15, 0.2) is 71.7 Å². The van der Waals surface area contributed by atoms with Crippen LogP contribution in [-0.4, -0.2) is 47.0 Å². The molecule has 0 atom stereocenters. The number of fused-ring (bicyclic) bond motifs is 1. The van der Waals surface area contributed by atoms with Crippen LogP contribution in [0.1, 0.15) is 43.4 Å². The molecule has 0 spiro atoms. The van der Waals surface area contributed by atoms with Gasteiger partial charge >= 0.3 is 0 Å². The lowest BCUT2D eigenvalue weighted by atomic mass is 10.0. The molecule has 1 saturated heterocycles. The molecule has 3 aromatic carbocycles. The van der Waals surface area contributed by atoms with Gasteiger partial charge in [-0.25, -0.2) is 4.99 Å². The Balaban J connectivity index is 1.59. The van der Waals surface area contributed by atoms with Crippen molar-refractivity contribution in [2.45, 2.75) is 33.2 Å². The Bertz CT molecular complexity index is 1340. The number of H-pyrrole nitrogens is 1. The average Bonchev–Trinajstić information content (AvgIpc) is 3.51. The third kappa shape index (κ3) is 5.09. The summed E-state index contributed by atoms with van der Waals surface area (Å²) in [5.41, 5.74) is 5.14. The van der Waals surface area contributed by atoms with Crippen molar-refractivity contribution in [3.05, 3.63) is 83.4 Å². The standard InChI is InChI=1S/C30H33N3O3/c1-3-35-26-18-24-25(19-27(26)36-4-2)32-30(34)28(24)29(22-10-6-5-7-11-22)31-23-14-12-21(13-15-23)20-33-16-8-9-17-33/h5-7,10-15,18-19,32,34H,3-4,8-9,16-17,20H2,1-2H3. The van der Waals surface area contributed by atoms with Gasteiger partial charge in [0.2, 0.25) is 0 Å². The van der Waals surface area contributed by atoms with Crippen molar-refractivity contribution in [2.75, 3.05) is 26.3 Å². The molecule has 0 radical (unpaired) electrons. The van der Waals surface area contributed by atoms with Gasteiger partial charge in [0.15, 0.2) is 17.4 Å². The normalized spacial score (nSPS) is 14.4. The molecule has 0 bridgehead atoms. The molecule has 4 aromatic rings. The number of nitrogens with zero attached hydrogens (tertiary/aromatic N) is 2. The summed E-state index contributed by atoms with van der Waals surface area (Å²) in [7, 11) is 0. The Hall–Kier alpha value is -3.77. The first-order valence-corrected chi connectivity index (χ1v) is 12.8. The fraction of sp³-hybridized carbons (Fsp3) is 0.300.